The molecular formula is C14H10Br2ClNO. The number of carbonyl (C=O) groups is 1. The Morgan fingerprint density at radius 2 is 1.68 bits per heavy atom. The number of carbonyl (C=O) groups excluding carboxylic acids is 1. The molecule has 0 unspecified atom stereocenters. The molecule has 2 nitrogen and oxygen atoms in total. The van der Waals surface area contributed by atoms with E-state index in [1.165, 1.54) is 0 Å². The summed E-state index contributed by atoms with van der Waals surface area (Å²) in [6, 6.07) is 13.0. The van der Waals surface area contributed by atoms with E-state index >= 15 is 0 Å². The van der Waals surface area contributed by atoms with Gasteiger partial charge in [0.2, 0.25) is 5.91 Å². The van der Waals surface area contributed by atoms with Crippen molar-refractivity contribution in [2.75, 3.05) is 5.32 Å². The summed E-state index contributed by atoms with van der Waals surface area (Å²) in [4.78, 5) is 11.9. The van der Waals surface area contributed by atoms with Gasteiger partial charge in [-0.15, -0.1) is 0 Å². The molecule has 19 heavy (non-hydrogen) atoms. The summed E-state index contributed by atoms with van der Waals surface area (Å²) >= 11 is 12.7. The zero-order chi connectivity index (χ0) is 13.8. The Bertz CT molecular complexity index is 599. The van der Waals surface area contributed by atoms with Gasteiger partial charge in [-0.05, 0) is 35.9 Å². The fourth-order valence-electron chi connectivity index (χ4n) is 1.58. The van der Waals surface area contributed by atoms with E-state index in [0.29, 0.717) is 17.1 Å². The predicted octanol–water partition coefficient (Wildman–Crippen LogP) is 5.05. The molecule has 0 fully saturated rings. The van der Waals surface area contributed by atoms with Crippen molar-refractivity contribution >= 4 is 55.1 Å². The molecule has 1 N–H and O–H groups in total. The molecule has 5 heteroatoms. The standard InChI is InChI=1S/C14H10Br2ClNO/c15-10-3-1-9(2-4-10)7-14(19)18-13-8-11(16)5-6-12(13)17/h1-6,8H,7H2,(H,18,19). The molecule has 0 aliphatic rings. The first-order valence-electron chi connectivity index (χ1n) is 5.54. The maximum absolute atomic E-state index is 11.9. The van der Waals surface area contributed by atoms with Crippen LogP contribution in [-0.4, -0.2) is 5.91 Å². The van der Waals surface area contributed by atoms with Crippen LogP contribution in [-0.2, 0) is 11.2 Å². The lowest BCUT2D eigenvalue weighted by atomic mass is 10.1. The average molecular weight is 404 g/mol. The second-order valence-corrected chi connectivity index (χ2v) is 6.21. The first-order chi connectivity index (χ1) is 9.04. The fraction of sp³-hybridized carbons (Fsp3) is 0.0714. The number of nitrogens with one attached hydrogen (secondary N) is 1. The largest absolute Gasteiger partial charge is 0.324 e. The number of halogens is 3. The second-order valence-electron chi connectivity index (χ2n) is 3.98. The zero-order valence-electron chi connectivity index (χ0n) is 9.79. The van der Waals surface area contributed by atoms with Crippen molar-refractivity contribution in [1.29, 1.82) is 0 Å². The first-order valence-corrected chi connectivity index (χ1v) is 7.50. The highest BCUT2D eigenvalue weighted by Gasteiger charge is 2.07. The zero-order valence-corrected chi connectivity index (χ0v) is 13.7. The van der Waals surface area contributed by atoms with Crippen LogP contribution >= 0.6 is 43.5 Å². The third kappa shape index (κ3) is 4.34. The summed E-state index contributed by atoms with van der Waals surface area (Å²) in [5.74, 6) is -0.0951. The van der Waals surface area contributed by atoms with Crippen LogP contribution in [0.15, 0.2) is 51.4 Å². The fourth-order valence-corrected chi connectivity index (χ4v) is 2.37. The van der Waals surface area contributed by atoms with Crippen LogP contribution in [0.25, 0.3) is 0 Å². The van der Waals surface area contributed by atoms with Crippen molar-refractivity contribution in [3.05, 3.63) is 62.0 Å². The van der Waals surface area contributed by atoms with Crippen molar-refractivity contribution in [3.8, 4) is 0 Å². The Morgan fingerprint density at radius 1 is 1.05 bits per heavy atom. The Balaban J connectivity index is 2.05. The Labute approximate surface area is 133 Å². The highest BCUT2D eigenvalue weighted by atomic mass is 79.9. The molecule has 98 valence electrons. The van der Waals surface area contributed by atoms with E-state index in [1.807, 2.05) is 30.3 Å². The van der Waals surface area contributed by atoms with Crippen molar-refractivity contribution < 1.29 is 4.79 Å². The van der Waals surface area contributed by atoms with Gasteiger partial charge in [0.1, 0.15) is 0 Å². The topological polar surface area (TPSA) is 29.1 Å². The normalized spacial score (nSPS) is 10.3. The van der Waals surface area contributed by atoms with E-state index < -0.39 is 0 Å². The van der Waals surface area contributed by atoms with E-state index in [1.54, 1.807) is 12.1 Å². The number of hydrogen-bond acceptors (Lipinski definition) is 1. The summed E-state index contributed by atoms with van der Waals surface area (Å²) in [6.07, 6.45) is 0.316. The molecule has 2 aromatic carbocycles. The molecule has 2 aromatic rings. The number of hydrogen-bond donors (Lipinski definition) is 1. The van der Waals surface area contributed by atoms with E-state index in [-0.39, 0.29) is 5.91 Å². The maximum atomic E-state index is 11.9. The minimum Gasteiger partial charge on any atom is -0.324 e. The second kappa shape index (κ2) is 6.55. The smallest absolute Gasteiger partial charge is 0.228 e. The quantitative estimate of drug-likeness (QED) is 0.764. The van der Waals surface area contributed by atoms with Crippen molar-refractivity contribution in [2.24, 2.45) is 0 Å². The SMILES string of the molecule is O=C(Cc1ccc(Br)cc1)Nc1cc(Br)ccc1Cl. The van der Waals surface area contributed by atoms with Crippen LogP contribution in [0.4, 0.5) is 5.69 Å². The molecule has 0 radical (unpaired) electrons. The number of rotatable bonds is 3. The molecule has 0 aromatic heterocycles. The molecule has 0 bridgehead atoms. The third-order valence-electron chi connectivity index (χ3n) is 2.48. The molecule has 0 atom stereocenters. The predicted molar refractivity (Wildman–Crippen MR) is 85.6 cm³/mol. The van der Waals surface area contributed by atoms with Gasteiger partial charge in [0.15, 0.2) is 0 Å². The van der Waals surface area contributed by atoms with Gasteiger partial charge in [0, 0.05) is 8.95 Å². The van der Waals surface area contributed by atoms with Gasteiger partial charge < -0.3 is 5.32 Å². The highest BCUT2D eigenvalue weighted by Crippen LogP contribution is 2.25. The van der Waals surface area contributed by atoms with Gasteiger partial charge in [-0.1, -0.05) is 55.6 Å². The third-order valence-corrected chi connectivity index (χ3v) is 3.83. The van der Waals surface area contributed by atoms with Gasteiger partial charge in [-0.25, -0.2) is 0 Å². The molecule has 0 aliphatic carbocycles. The van der Waals surface area contributed by atoms with E-state index in [4.69, 9.17) is 11.6 Å². The maximum Gasteiger partial charge on any atom is 0.228 e. The van der Waals surface area contributed by atoms with Crippen molar-refractivity contribution in [2.45, 2.75) is 6.42 Å². The number of benzene rings is 2. The molecule has 0 saturated heterocycles. The molecule has 2 rings (SSSR count). The molecular weight excluding hydrogens is 393 g/mol. The molecule has 0 saturated carbocycles. The van der Waals surface area contributed by atoms with Crippen molar-refractivity contribution in [1.82, 2.24) is 0 Å². The van der Waals surface area contributed by atoms with E-state index in [9.17, 15) is 4.79 Å². The van der Waals surface area contributed by atoms with Crippen LogP contribution in [0.1, 0.15) is 5.56 Å². The summed E-state index contributed by atoms with van der Waals surface area (Å²) < 4.78 is 1.86. The van der Waals surface area contributed by atoms with Crippen LogP contribution in [0.2, 0.25) is 5.02 Å². The van der Waals surface area contributed by atoms with Crippen LogP contribution in [0, 0.1) is 0 Å². The van der Waals surface area contributed by atoms with Gasteiger partial charge in [0.05, 0.1) is 17.1 Å². The van der Waals surface area contributed by atoms with Crippen LogP contribution in [0.3, 0.4) is 0 Å². The van der Waals surface area contributed by atoms with Gasteiger partial charge in [-0.2, -0.15) is 0 Å². The summed E-state index contributed by atoms with van der Waals surface area (Å²) in [7, 11) is 0. The summed E-state index contributed by atoms with van der Waals surface area (Å²) in [5, 5.41) is 3.32. The molecule has 1 amide bonds. The van der Waals surface area contributed by atoms with Crippen LogP contribution in [0.5, 0.6) is 0 Å². The first kappa shape index (κ1) is 14.6. The minimum atomic E-state index is -0.0951. The lowest BCUT2D eigenvalue weighted by molar-refractivity contribution is -0.115. The number of anilines is 1. The molecule has 0 spiro atoms. The van der Waals surface area contributed by atoms with E-state index in [2.05, 4.69) is 37.2 Å². The molecule has 0 heterocycles. The monoisotopic (exact) mass is 401 g/mol. The Morgan fingerprint density at radius 3 is 2.37 bits per heavy atom. The van der Waals surface area contributed by atoms with Gasteiger partial charge in [-0.3, -0.25) is 4.79 Å². The Kier molecular flexibility index (Phi) is 5.02. The lowest BCUT2D eigenvalue weighted by Gasteiger charge is -2.08. The van der Waals surface area contributed by atoms with Crippen molar-refractivity contribution in [3.63, 3.8) is 0 Å². The van der Waals surface area contributed by atoms with Gasteiger partial charge in [0.25, 0.3) is 0 Å². The van der Waals surface area contributed by atoms with E-state index in [0.717, 1.165) is 14.5 Å². The summed E-state index contributed by atoms with van der Waals surface area (Å²) in [6.45, 7) is 0. The highest BCUT2D eigenvalue weighted by molar-refractivity contribution is 9.10. The van der Waals surface area contributed by atoms with Gasteiger partial charge >= 0.3 is 0 Å². The molecule has 0 aliphatic heterocycles. The summed E-state index contributed by atoms with van der Waals surface area (Å²) in [5.41, 5.74) is 1.56. The average Bonchev–Trinajstić information content (AvgIpc) is 2.37. The number of amides is 1. The Hall–Kier alpha value is -0.840. The lowest BCUT2D eigenvalue weighted by Crippen LogP contribution is -2.14. The van der Waals surface area contributed by atoms with Crippen LogP contribution < -0.4 is 5.32 Å². The minimum absolute atomic E-state index is 0.0951.